The van der Waals surface area contributed by atoms with E-state index in [1.807, 2.05) is 6.92 Å². The molecule has 0 fully saturated rings. The molecule has 22 heavy (non-hydrogen) atoms. The number of anilines is 1. The molecule has 0 saturated heterocycles. The van der Waals surface area contributed by atoms with Gasteiger partial charge in [0.2, 0.25) is 5.13 Å². The molecule has 1 aromatic carbocycles. The lowest BCUT2D eigenvalue weighted by Gasteiger charge is -2.11. The molecular formula is C14H15N3O4S. The molecule has 0 aliphatic carbocycles. The number of rotatable bonds is 7. The number of benzene rings is 1. The van der Waals surface area contributed by atoms with E-state index in [4.69, 9.17) is 9.47 Å². The van der Waals surface area contributed by atoms with Gasteiger partial charge in [0.25, 0.3) is 5.91 Å². The molecule has 1 heterocycles. The quantitative estimate of drug-likeness (QED) is 0.785. The summed E-state index contributed by atoms with van der Waals surface area (Å²) in [6, 6.07) is 4.76. The van der Waals surface area contributed by atoms with E-state index in [2.05, 4.69) is 15.5 Å². The van der Waals surface area contributed by atoms with E-state index in [9.17, 15) is 9.59 Å². The van der Waals surface area contributed by atoms with Gasteiger partial charge in [-0.15, -0.1) is 10.2 Å². The van der Waals surface area contributed by atoms with Crippen molar-refractivity contribution in [1.82, 2.24) is 10.2 Å². The lowest BCUT2D eigenvalue weighted by Crippen LogP contribution is -2.20. The molecule has 1 aromatic heterocycles. The van der Waals surface area contributed by atoms with Gasteiger partial charge in [-0.2, -0.15) is 0 Å². The minimum Gasteiger partial charge on any atom is -0.490 e. The van der Waals surface area contributed by atoms with Crippen molar-refractivity contribution in [2.75, 3.05) is 18.5 Å². The number of aldehydes is 1. The monoisotopic (exact) mass is 321 g/mol. The fourth-order valence-corrected chi connectivity index (χ4v) is 2.24. The highest BCUT2D eigenvalue weighted by atomic mass is 32.1. The van der Waals surface area contributed by atoms with Crippen LogP contribution in [0.5, 0.6) is 11.5 Å². The molecule has 8 heteroatoms. The second-order valence-corrected chi connectivity index (χ2v) is 5.40. The molecule has 2 aromatic rings. The number of aryl methyl sites for hydroxylation is 1. The normalized spacial score (nSPS) is 10.1. The number of hydrogen-bond acceptors (Lipinski definition) is 7. The molecule has 0 unspecified atom stereocenters. The van der Waals surface area contributed by atoms with Gasteiger partial charge < -0.3 is 9.47 Å². The zero-order valence-corrected chi connectivity index (χ0v) is 13.0. The van der Waals surface area contributed by atoms with Crippen LogP contribution >= 0.6 is 11.3 Å². The van der Waals surface area contributed by atoms with E-state index in [0.29, 0.717) is 28.8 Å². The second-order valence-electron chi connectivity index (χ2n) is 4.22. The summed E-state index contributed by atoms with van der Waals surface area (Å²) in [6.45, 7) is 3.85. The largest absolute Gasteiger partial charge is 0.490 e. The fraction of sp³-hybridized carbons (Fsp3) is 0.286. The Balaban J connectivity index is 1.98. The predicted octanol–water partition coefficient (Wildman–Crippen LogP) is 2.08. The Hall–Kier alpha value is -2.48. The molecule has 0 bridgehead atoms. The van der Waals surface area contributed by atoms with E-state index >= 15 is 0 Å². The third kappa shape index (κ3) is 4.26. The van der Waals surface area contributed by atoms with E-state index in [1.165, 1.54) is 11.3 Å². The number of hydrogen-bond donors (Lipinski definition) is 1. The van der Waals surface area contributed by atoms with Crippen LogP contribution in [-0.2, 0) is 4.79 Å². The lowest BCUT2D eigenvalue weighted by molar-refractivity contribution is -0.118. The third-order valence-corrected chi connectivity index (χ3v) is 3.29. The van der Waals surface area contributed by atoms with Gasteiger partial charge in [-0.3, -0.25) is 14.9 Å². The summed E-state index contributed by atoms with van der Waals surface area (Å²) >= 11 is 1.28. The number of amides is 1. The predicted molar refractivity (Wildman–Crippen MR) is 81.8 cm³/mol. The van der Waals surface area contributed by atoms with Crippen LogP contribution in [0, 0.1) is 6.92 Å². The third-order valence-electron chi connectivity index (χ3n) is 2.53. The van der Waals surface area contributed by atoms with Crippen molar-refractivity contribution < 1.29 is 19.1 Å². The highest BCUT2D eigenvalue weighted by Crippen LogP contribution is 2.28. The Morgan fingerprint density at radius 2 is 2.14 bits per heavy atom. The summed E-state index contributed by atoms with van der Waals surface area (Å²) in [7, 11) is 0. The maximum Gasteiger partial charge on any atom is 0.264 e. The fourth-order valence-electron chi connectivity index (χ4n) is 1.63. The van der Waals surface area contributed by atoms with E-state index < -0.39 is 0 Å². The molecule has 2 rings (SSSR count). The van der Waals surface area contributed by atoms with E-state index in [-0.39, 0.29) is 12.5 Å². The van der Waals surface area contributed by atoms with Gasteiger partial charge in [0, 0.05) is 5.56 Å². The number of nitrogens with zero attached hydrogens (tertiary/aromatic N) is 2. The molecule has 0 spiro atoms. The maximum absolute atomic E-state index is 11.8. The van der Waals surface area contributed by atoms with Crippen LogP contribution in [0.25, 0.3) is 0 Å². The van der Waals surface area contributed by atoms with Crippen LogP contribution in [0.2, 0.25) is 0 Å². The van der Waals surface area contributed by atoms with Crippen molar-refractivity contribution in [2.45, 2.75) is 13.8 Å². The molecule has 0 aliphatic rings. The SMILES string of the molecule is CCOc1cc(C=O)ccc1OCC(=O)Nc1nnc(C)s1. The highest BCUT2D eigenvalue weighted by molar-refractivity contribution is 7.15. The van der Waals surface area contributed by atoms with E-state index in [0.717, 1.165) is 11.3 Å². The van der Waals surface area contributed by atoms with E-state index in [1.54, 1.807) is 25.1 Å². The van der Waals surface area contributed by atoms with Crippen molar-refractivity contribution in [1.29, 1.82) is 0 Å². The van der Waals surface area contributed by atoms with Crippen LogP contribution in [0.3, 0.4) is 0 Å². The molecule has 1 amide bonds. The van der Waals surface area contributed by atoms with Gasteiger partial charge in [0.1, 0.15) is 11.3 Å². The highest BCUT2D eigenvalue weighted by Gasteiger charge is 2.11. The Kier molecular flexibility index (Phi) is 5.42. The van der Waals surface area contributed by atoms with Crippen LogP contribution < -0.4 is 14.8 Å². The average molecular weight is 321 g/mol. The summed E-state index contributed by atoms with van der Waals surface area (Å²) in [4.78, 5) is 22.6. The molecule has 0 radical (unpaired) electrons. The first-order chi connectivity index (χ1) is 10.6. The number of ether oxygens (including phenoxy) is 2. The standard InChI is InChI=1S/C14H15N3O4S/c1-3-20-12-6-10(7-18)4-5-11(12)21-8-13(19)15-14-17-16-9(2)22-14/h4-7H,3,8H2,1-2H3,(H,15,17,19). The van der Waals surface area contributed by atoms with Crippen molar-refractivity contribution in [3.8, 4) is 11.5 Å². The Morgan fingerprint density at radius 1 is 1.32 bits per heavy atom. The first-order valence-corrected chi connectivity index (χ1v) is 7.38. The smallest absolute Gasteiger partial charge is 0.264 e. The zero-order valence-electron chi connectivity index (χ0n) is 12.2. The molecule has 116 valence electrons. The summed E-state index contributed by atoms with van der Waals surface area (Å²) in [6.07, 6.45) is 0.719. The molecule has 1 N–H and O–H groups in total. The number of nitrogens with one attached hydrogen (secondary N) is 1. The Labute approximate surface area is 131 Å². The van der Waals surface area contributed by atoms with Gasteiger partial charge in [-0.1, -0.05) is 11.3 Å². The van der Waals surface area contributed by atoms with Crippen molar-refractivity contribution in [2.24, 2.45) is 0 Å². The van der Waals surface area contributed by atoms with Crippen LogP contribution in [-0.4, -0.2) is 35.6 Å². The number of aromatic nitrogens is 2. The maximum atomic E-state index is 11.8. The van der Waals surface area contributed by atoms with Crippen LogP contribution in [0.1, 0.15) is 22.3 Å². The molecule has 0 atom stereocenters. The average Bonchev–Trinajstić information content (AvgIpc) is 2.91. The molecule has 7 nitrogen and oxygen atoms in total. The van der Waals surface area contributed by atoms with Gasteiger partial charge in [-0.25, -0.2) is 0 Å². The Morgan fingerprint density at radius 3 is 2.77 bits per heavy atom. The van der Waals surface area contributed by atoms with Crippen LogP contribution in [0.4, 0.5) is 5.13 Å². The summed E-state index contributed by atoms with van der Waals surface area (Å²) in [5.41, 5.74) is 0.476. The summed E-state index contributed by atoms with van der Waals surface area (Å²) in [5.74, 6) is 0.473. The first-order valence-electron chi connectivity index (χ1n) is 6.57. The van der Waals surface area contributed by atoms with Crippen molar-refractivity contribution >= 4 is 28.7 Å². The zero-order chi connectivity index (χ0) is 15.9. The topological polar surface area (TPSA) is 90.4 Å². The molecule has 0 saturated carbocycles. The Bertz CT molecular complexity index is 672. The van der Waals surface area contributed by atoms with Gasteiger partial charge in [0.05, 0.1) is 6.61 Å². The lowest BCUT2D eigenvalue weighted by atomic mass is 10.2. The van der Waals surface area contributed by atoms with Crippen molar-refractivity contribution in [3.63, 3.8) is 0 Å². The van der Waals surface area contributed by atoms with Crippen molar-refractivity contribution in [3.05, 3.63) is 28.8 Å². The summed E-state index contributed by atoms with van der Waals surface area (Å²) in [5, 5.41) is 11.4. The number of carbonyl (C=O) groups is 2. The first kappa shape index (κ1) is 15.9. The van der Waals surface area contributed by atoms with Crippen LogP contribution in [0.15, 0.2) is 18.2 Å². The van der Waals surface area contributed by atoms with Gasteiger partial charge in [-0.05, 0) is 32.0 Å². The van der Waals surface area contributed by atoms with Gasteiger partial charge in [0.15, 0.2) is 18.1 Å². The minimum atomic E-state index is -0.349. The number of carbonyl (C=O) groups excluding carboxylic acids is 2. The molecular weight excluding hydrogens is 306 g/mol. The molecule has 0 aliphatic heterocycles. The summed E-state index contributed by atoms with van der Waals surface area (Å²) < 4.78 is 10.8. The minimum absolute atomic E-state index is 0.195. The second kappa shape index (κ2) is 7.51. The van der Waals surface area contributed by atoms with Gasteiger partial charge >= 0.3 is 0 Å².